The van der Waals surface area contributed by atoms with E-state index in [0.717, 1.165) is 18.7 Å². The Morgan fingerprint density at radius 1 is 1.00 bits per heavy atom. The maximum absolute atomic E-state index is 11.9. The average Bonchev–Trinajstić information content (AvgIpc) is 2.95. The molecule has 106 valence electrons. The van der Waals surface area contributed by atoms with Gasteiger partial charge in [0.15, 0.2) is 0 Å². The fourth-order valence-corrected chi connectivity index (χ4v) is 2.36. The Balaban J connectivity index is 1.70. The van der Waals surface area contributed by atoms with Gasteiger partial charge >= 0.3 is 5.97 Å². The molecule has 2 aromatic carbocycles. The minimum absolute atomic E-state index is 0.143. The Bertz CT molecular complexity index is 649. The molecule has 4 nitrogen and oxygen atoms in total. The molecule has 2 aromatic rings. The Kier molecular flexibility index (Phi) is 3.69. The second-order valence-corrected chi connectivity index (χ2v) is 4.90. The zero-order valence-corrected chi connectivity index (χ0v) is 11.5. The van der Waals surface area contributed by atoms with Crippen molar-refractivity contribution in [3.8, 4) is 5.75 Å². The molecule has 1 heterocycles. The van der Waals surface area contributed by atoms with Crippen molar-refractivity contribution < 1.29 is 14.3 Å². The topological polar surface area (TPSA) is 46.6 Å². The van der Waals surface area contributed by atoms with Gasteiger partial charge in [-0.15, -0.1) is 0 Å². The van der Waals surface area contributed by atoms with Crippen molar-refractivity contribution in [2.45, 2.75) is 12.8 Å². The molecule has 1 aliphatic heterocycles. The van der Waals surface area contributed by atoms with Crippen LogP contribution in [-0.2, 0) is 4.79 Å². The molecule has 21 heavy (non-hydrogen) atoms. The third-order valence-electron chi connectivity index (χ3n) is 3.44. The third-order valence-corrected chi connectivity index (χ3v) is 3.44. The summed E-state index contributed by atoms with van der Waals surface area (Å²) in [5, 5.41) is 0. The van der Waals surface area contributed by atoms with Gasteiger partial charge in [0.25, 0.3) is 0 Å². The fourth-order valence-electron chi connectivity index (χ4n) is 2.36. The molecule has 0 atom stereocenters. The summed E-state index contributed by atoms with van der Waals surface area (Å²) in [4.78, 5) is 25.3. The molecule has 0 saturated carbocycles. The van der Waals surface area contributed by atoms with Gasteiger partial charge in [0, 0.05) is 18.7 Å². The van der Waals surface area contributed by atoms with Gasteiger partial charge in [0.1, 0.15) is 5.75 Å². The zero-order chi connectivity index (χ0) is 14.7. The normalized spacial score (nSPS) is 14.3. The maximum atomic E-state index is 11.9. The lowest BCUT2D eigenvalue weighted by Crippen LogP contribution is -2.23. The molecule has 4 heteroatoms. The van der Waals surface area contributed by atoms with Gasteiger partial charge in [-0.25, -0.2) is 4.79 Å². The van der Waals surface area contributed by atoms with Gasteiger partial charge in [0.2, 0.25) is 5.91 Å². The molecule has 0 bridgehead atoms. The van der Waals surface area contributed by atoms with Crippen molar-refractivity contribution in [2.24, 2.45) is 0 Å². The predicted molar refractivity (Wildman–Crippen MR) is 79.4 cm³/mol. The van der Waals surface area contributed by atoms with Crippen LogP contribution in [0.3, 0.4) is 0 Å². The smallest absolute Gasteiger partial charge is 0.343 e. The Labute approximate surface area is 123 Å². The van der Waals surface area contributed by atoms with Crippen molar-refractivity contribution in [3.05, 3.63) is 60.2 Å². The maximum Gasteiger partial charge on any atom is 0.343 e. The van der Waals surface area contributed by atoms with Crippen LogP contribution in [0.2, 0.25) is 0 Å². The van der Waals surface area contributed by atoms with E-state index in [9.17, 15) is 9.59 Å². The molecule has 0 aromatic heterocycles. The number of amides is 1. The largest absolute Gasteiger partial charge is 0.423 e. The molecule has 0 unspecified atom stereocenters. The molecule has 1 aliphatic rings. The molecule has 1 saturated heterocycles. The van der Waals surface area contributed by atoms with Crippen LogP contribution in [0.5, 0.6) is 5.75 Å². The number of ether oxygens (including phenoxy) is 1. The number of rotatable bonds is 3. The standard InChI is InChI=1S/C17H15NO3/c19-16-7-4-12-18(16)14-8-10-15(11-9-14)21-17(20)13-5-2-1-3-6-13/h1-3,5-6,8-11H,4,7,12H2. The minimum Gasteiger partial charge on any atom is -0.423 e. The van der Waals surface area contributed by atoms with Crippen LogP contribution in [0.25, 0.3) is 0 Å². The van der Waals surface area contributed by atoms with Crippen LogP contribution in [0.15, 0.2) is 54.6 Å². The lowest BCUT2D eigenvalue weighted by Gasteiger charge is -2.15. The van der Waals surface area contributed by atoms with Gasteiger partial charge in [-0.2, -0.15) is 0 Å². The second-order valence-electron chi connectivity index (χ2n) is 4.90. The number of nitrogens with zero attached hydrogens (tertiary/aromatic N) is 1. The highest BCUT2D eigenvalue weighted by Crippen LogP contribution is 2.24. The SMILES string of the molecule is O=C(Oc1ccc(N2CCCC2=O)cc1)c1ccccc1. The summed E-state index contributed by atoms with van der Waals surface area (Å²) in [7, 11) is 0. The minimum atomic E-state index is -0.388. The van der Waals surface area contributed by atoms with Crippen molar-refractivity contribution in [3.63, 3.8) is 0 Å². The number of hydrogen-bond acceptors (Lipinski definition) is 3. The first-order valence-corrected chi connectivity index (χ1v) is 6.92. The summed E-state index contributed by atoms with van der Waals surface area (Å²) >= 11 is 0. The van der Waals surface area contributed by atoms with Crippen LogP contribution in [0.1, 0.15) is 23.2 Å². The van der Waals surface area contributed by atoms with E-state index in [1.54, 1.807) is 53.4 Å². The molecular weight excluding hydrogens is 266 g/mol. The van der Waals surface area contributed by atoms with E-state index in [4.69, 9.17) is 4.74 Å². The highest BCUT2D eigenvalue weighted by molar-refractivity contribution is 5.95. The van der Waals surface area contributed by atoms with Crippen LogP contribution in [0, 0.1) is 0 Å². The highest BCUT2D eigenvalue weighted by atomic mass is 16.5. The second kappa shape index (κ2) is 5.79. The van der Waals surface area contributed by atoms with Gasteiger partial charge in [0.05, 0.1) is 5.56 Å². The van der Waals surface area contributed by atoms with E-state index in [2.05, 4.69) is 0 Å². The van der Waals surface area contributed by atoms with Gasteiger partial charge < -0.3 is 9.64 Å². The van der Waals surface area contributed by atoms with E-state index in [-0.39, 0.29) is 11.9 Å². The van der Waals surface area contributed by atoms with E-state index >= 15 is 0 Å². The predicted octanol–water partition coefficient (Wildman–Crippen LogP) is 3.03. The van der Waals surface area contributed by atoms with Gasteiger partial charge in [-0.05, 0) is 42.8 Å². The summed E-state index contributed by atoms with van der Waals surface area (Å²) in [5.74, 6) is 0.226. The number of benzene rings is 2. The Hall–Kier alpha value is -2.62. The number of hydrogen-bond donors (Lipinski definition) is 0. The molecular formula is C17H15NO3. The van der Waals surface area contributed by atoms with Crippen molar-refractivity contribution in [1.29, 1.82) is 0 Å². The van der Waals surface area contributed by atoms with Gasteiger partial charge in [-0.3, -0.25) is 4.79 Å². The van der Waals surface area contributed by atoms with Crippen LogP contribution in [0.4, 0.5) is 5.69 Å². The van der Waals surface area contributed by atoms with Crippen molar-refractivity contribution >= 4 is 17.6 Å². The number of anilines is 1. The molecule has 0 N–H and O–H groups in total. The quantitative estimate of drug-likeness (QED) is 0.641. The van der Waals surface area contributed by atoms with Crippen LogP contribution < -0.4 is 9.64 Å². The van der Waals surface area contributed by atoms with E-state index in [0.29, 0.717) is 17.7 Å². The van der Waals surface area contributed by atoms with Crippen molar-refractivity contribution in [2.75, 3.05) is 11.4 Å². The Morgan fingerprint density at radius 3 is 2.33 bits per heavy atom. The number of esters is 1. The lowest BCUT2D eigenvalue weighted by atomic mass is 10.2. The fraction of sp³-hybridized carbons (Fsp3) is 0.176. The molecule has 1 fully saturated rings. The first-order valence-electron chi connectivity index (χ1n) is 6.92. The summed E-state index contributed by atoms with van der Waals surface area (Å²) in [5.41, 5.74) is 1.35. The summed E-state index contributed by atoms with van der Waals surface area (Å²) in [6.07, 6.45) is 1.49. The van der Waals surface area contributed by atoms with Crippen molar-refractivity contribution in [1.82, 2.24) is 0 Å². The van der Waals surface area contributed by atoms with E-state index < -0.39 is 0 Å². The number of carbonyl (C=O) groups excluding carboxylic acids is 2. The van der Waals surface area contributed by atoms with E-state index in [1.807, 2.05) is 6.07 Å². The molecule has 0 aliphatic carbocycles. The number of carbonyl (C=O) groups is 2. The van der Waals surface area contributed by atoms with Gasteiger partial charge in [-0.1, -0.05) is 18.2 Å². The van der Waals surface area contributed by atoms with Crippen LogP contribution in [-0.4, -0.2) is 18.4 Å². The monoisotopic (exact) mass is 281 g/mol. The summed E-state index contributed by atoms with van der Waals surface area (Å²) < 4.78 is 5.30. The van der Waals surface area contributed by atoms with E-state index in [1.165, 1.54) is 0 Å². The Morgan fingerprint density at radius 2 is 1.71 bits per heavy atom. The highest BCUT2D eigenvalue weighted by Gasteiger charge is 2.21. The molecule has 0 spiro atoms. The van der Waals surface area contributed by atoms with Crippen LogP contribution >= 0.6 is 0 Å². The zero-order valence-electron chi connectivity index (χ0n) is 11.5. The molecule has 1 amide bonds. The average molecular weight is 281 g/mol. The summed E-state index contributed by atoms with van der Waals surface area (Å²) in [6.45, 7) is 0.752. The third kappa shape index (κ3) is 2.94. The summed E-state index contributed by atoms with van der Waals surface area (Å²) in [6, 6.07) is 15.9. The first kappa shape index (κ1) is 13.4. The lowest BCUT2D eigenvalue weighted by molar-refractivity contribution is -0.117. The molecule has 0 radical (unpaired) electrons. The molecule has 3 rings (SSSR count). The first-order chi connectivity index (χ1) is 10.2.